The molecule has 0 unspecified atom stereocenters. The molecule has 1 aromatic rings. The zero-order chi connectivity index (χ0) is 11.9. The molecule has 1 N–H and O–H groups in total. The first-order chi connectivity index (χ1) is 7.45. The average Bonchev–Trinajstić information content (AvgIpc) is 2.62. The molecule has 0 bridgehead atoms. The van der Waals surface area contributed by atoms with Gasteiger partial charge in [0.15, 0.2) is 0 Å². The van der Waals surface area contributed by atoms with Crippen molar-refractivity contribution in [3.63, 3.8) is 0 Å². The van der Waals surface area contributed by atoms with E-state index in [1.165, 1.54) is 11.3 Å². The van der Waals surface area contributed by atoms with Gasteiger partial charge in [-0.3, -0.25) is 4.79 Å². The second kappa shape index (κ2) is 3.74. The molecule has 2 rings (SSSR count). The number of hydrogen-bond donors (Lipinski definition) is 1. The van der Waals surface area contributed by atoms with Crippen LogP contribution >= 0.6 is 0 Å². The highest BCUT2D eigenvalue weighted by Gasteiger charge is 2.25. The Balaban J connectivity index is 2.71. The van der Waals surface area contributed by atoms with E-state index in [1.54, 1.807) is 13.8 Å². The van der Waals surface area contributed by atoms with E-state index in [9.17, 15) is 9.90 Å². The van der Waals surface area contributed by atoms with Crippen LogP contribution in [0.15, 0.2) is 10.9 Å². The molecule has 0 aliphatic heterocycles. The van der Waals surface area contributed by atoms with Gasteiger partial charge in [0, 0.05) is 17.8 Å². The fourth-order valence-electron chi connectivity index (χ4n) is 2.49. The first-order valence-electron chi connectivity index (χ1n) is 5.93. The molecule has 0 radical (unpaired) electrons. The van der Waals surface area contributed by atoms with Crippen molar-refractivity contribution < 1.29 is 5.11 Å². The molecule has 0 saturated carbocycles. The molecule has 1 aliphatic carbocycles. The lowest BCUT2D eigenvalue weighted by Gasteiger charge is -2.20. The van der Waals surface area contributed by atoms with Crippen molar-refractivity contribution in [3.05, 3.63) is 33.2 Å². The predicted octanol–water partition coefficient (Wildman–Crippen LogP) is 1.58. The van der Waals surface area contributed by atoms with E-state index < -0.39 is 5.60 Å². The Morgan fingerprint density at radius 1 is 1.44 bits per heavy atom. The van der Waals surface area contributed by atoms with Gasteiger partial charge in [-0.25, -0.2) is 0 Å². The number of fused-ring (bicyclic) bond motifs is 1. The van der Waals surface area contributed by atoms with Crippen LogP contribution in [-0.2, 0) is 25.0 Å². The molecule has 0 atom stereocenters. The second-order valence-electron chi connectivity index (χ2n) is 4.99. The molecule has 3 heteroatoms. The molecule has 88 valence electrons. The van der Waals surface area contributed by atoms with Gasteiger partial charge in [-0.1, -0.05) is 0 Å². The maximum Gasteiger partial charge on any atom is 0.256 e. The van der Waals surface area contributed by atoms with Gasteiger partial charge in [-0.2, -0.15) is 0 Å². The molecule has 0 fully saturated rings. The summed E-state index contributed by atoms with van der Waals surface area (Å²) in [6.07, 6.45) is 3.13. The van der Waals surface area contributed by atoms with Crippen molar-refractivity contribution in [2.75, 3.05) is 0 Å². The molecular formula is C13H19NO2. The van der Waals surface area contributed by atoms with E-state index in [0.717, 1.165) is 19.3 Å². The van der Waals surface area contributed by atoms with Crippen molar-refractivity contribution in [1.82, 2.24) is 4.57 Å². The van der Waals surface area contributed by atoms with Crippen LogP contribution in [0.3, 0.4) is 0 Å². The smallest absolute Gasteiger partial charge is 0.256 e. The van der Waals surface area contributed by atoms with Gasteiger partial charge >= 0.3 is 0 Å². The van der Waals surface area contributed by atoms with Crippen molar-refractivity contribution in [2.45, 2.75) is 52.2 Å². The Kier molecular flexibility index (Phi) is 2.66. The standard InChI is InChI=1S/C13H19NO2/c1-4-14-11-7-5-6-9(11)8-10(12(14)15)13(2,3)16/h8,16H,4-7H2,1-3H3. The average molecular weight is 221 g/mol. The molecule has 0 aromatic carbocycles. The minimum absolute atomic E-state index is 0.0318. The normalized spacial score (nSPS) is 15.2. The highest BCUT2D eigenvalue weighted by Crippen LogP contribution is 2.25. The molecule has 0 saturated heterocycles. The van der Waals surface area contributed by atoms with Crippen LogP contribution in [0.2, 0.25) is 0 Å². The number of aryl methyl sites for hydroxylation is 1. The summed E-state index contributed by atoms with van der Waals surface area (Å²) in [5, 5.41) is 10.0. The topological polar surface area (TPSA) is 42.2 Å². The van der Waals surface area contributed by atoms with Crippen molar-refractivity contribution in [1.29, 1.82) is 0 Å². The first-order valence-corrected chi connectivity index (χ1v) is 5.93. The minimum atomic E-state index is -1.05. The summed E-state index contributed by atoms with van der Waals surface area (Å²) < 4.78 is 1.82. The van der Waals surface area contributed by atoms with Crippen LogP contribution < -0.4 is 5.56 Å². The van der Waals surface area contributed by atoms with E-state index in [2.05, 4.69) is 0 Å². The molecule has 16 heavy (non-hydrogen) atoms. The maximum absolute atomic E-state index is 12.2. The number of aliphatic hydroxyl groups is 1. The van der Waals surface area contributed by atoms with Crippen LogP contribution in [0.25, 0.3) is 0 Å². The van der Waals surface area contributed by atoms with Crippen LogP contribution in [0, 0.1) is 0 Å². The Morgan fingerprint density at radius 2 is 2.12 bits per heavy atom. The van der Waals surface area contributed by atoms with Gasteiger partial charge in [0.05, 0.1) is 5.60 Å². The van der Waals surface area contributed by atoms with Crippen molar-refractivity contribution in [3.8, 4) is 0 Å². The quantitative estimate of drug-likeness (QED) is 0.824. The van der Waals surface area contributed by atoms with Gasteiger partial charge in [0.25, 0.3) is 5.56 Å². The molecule has 1 aromatic heterocycles. The minimum Gasteiger partial charge on any atom is -0.386 e. The summed E-state index contributed by atoms with van der Waals surface area (Å²) in [5.74, 6) is 0. The number of pyridine rings is 1. The first kappa shape index (κ1) is 11.4. The number of rotatable bonds is 2. The lowest BCUT2D eigenvalue weighted by molar-refractivity contribution is 0.0764. The highest BCUT2D eigenvalue weighted by atomic mass is 16.3. The summed E-state index contributed by atoms with van der Waals surface area (Å²) in [6, 6.07) is 1.90. The SMILES string of the molecule is CCn1c2c(cc(C(C)(C)O)c1=O)CCC2. The van der Waals surface area contributed by atoms with Gasteiger partial charge < -0.3 is 9.67 Å². The summed E-state index contributed by atoms with van der Waals surface area (Å²) in [7, 11) is 0. The summed E-state index contributed by atoms with van der Waals surface area (Å²) >= 11 is 0. The van der Waals surface area contributed by atoms with Crippen LogP contribution in [-0.4, -0.2) is 9.67 Å². The van der Waals surface area contributed by atoms with E-state index in [0.29, 0.717) is 12.1 Å². The monoisotopic (exact) mass is 221 g/mol. The maximum atomic E-state index is 12.2. The zero-order valence-corrected chi connectivity index (χ0v) is 10.2. The van der Waals surface area contributed by atoms with Gasteiger partial charge in [-0.05, 0) is 51.7 Å². The van der Waals surface area contributed by atoms with Crippen LogP contribution in [0.4, 0.5) is 0 Å². The van der Waals surface area contributed by atoms with E-state index in [4.69, 9.17) is 0 Å². The Bertz CT molecular complexity index is 466. The third kappa shape index (κ3) is 1.69. The molecule has 3 nitrogen and oxygen atoms in total. The van der Waals surface area contributed by atoms with E-state index in [1.807, 2.05) is 17.6 Å². The molecule has 1 aliphatic rings. The second-order valence-corrected chi connectivity index (χ2v) is 4.99. The third-order valence-electron chi connectivity index (χ3n) is 3.33. The number of hydrogen-bond acceptors (Lipinski definition) is 2. The van der Waals surface area contributed by atoms with E-state index in [-0.39, 0.29) is 5.56 Å². The lowest BCUT2D eigenvalue weighted by atomic mass is 9.97. The predicted molar refractivity (Wildman–Crippen MR) is 63.6 cm³/mol. The lowest BCUT2D eigenvalue weighted by Crippen LogP contribution is -2.33. The molecule has 1 heterocycles. The van der Waals surface area contributed by atoms with Gasteiger partial charge in [0.1, 0.15) is 0 Å². The molecule has 0 spiro atoms. The Morgan fingerprint density at radius 3 is 2.69 bits per heavy atom. The van der Waals surface area contributed by atoms with Crippen LogP contribution in [0.1, 0.15) is 44.0 Å². The highest BCUT2D eigenvalue weighted by molar-refractivity contribution is 5.32. The summed E-state index contributed by atoms with van der Waals surface area (Å²) in [4.78, 5) is 12.2. The van der Waals surface area contributed by atoms with Crippen molar-refractivity contribution in [2.24, 2.45) is 0 Å². The van der Waals surface area contributed by atoms with Gasteiger partial charge in [-0.15, -0.1) is 0 Å². The number of nitrogens with zero attached hydrogens (tertiary/aromatic N) is 1. The summed E-state index contributed by atoms with van der Waals surface area (Å²) in [6.45, 7) is 6.01. The molecule has 0 amide bonds. The van der Waals surface area contributed by atoms with Crippen LogP contribution in [0.5, 0.6) is 0 Å². The zero-order valence-electron chi connectivity index (χ0n) is 10.2. The fourth-order valence-corrected chi connectivity index (χ4v) is 2.49. The fraction of sp³-hybridized carbons (Fsp3) is 0.615. The Labute approximate surface area is 95.7 Å². The Hall–Kier alpha value is -1.09. The third-order valence-corrected chi connectivity index (χ3v) is 3.33. The van der Waals surface area contributed by atoms with Gasteiger partial charge in [0.2, 0.25) is 0 Å². The van der Waals surface area contributed by atoms with Crippen molar-refractivity contribution >= 4 is 0 Å². The summed E-state index contributed by atoms with van der Waals surface area (Å²) in [5.41, 5.74) is 1.84. The largest absolute Gasteiger partial charge is 0.386 e. The van der Waals surface area contributed by atoms with E-state index >= 15 is 0 Å². The number of aromatic nitrogens is 1. The molecular weight excluding hydrogens is 202 g/mol.